The number of rotatable bonds is 12. The van der Waals surface area contributed by atoms with Crippen molar-refractivity contribution in [3.05, 3.63) is 6.33 Å². The first-order valence-electron chi connectivity index (χ1n) is 12.9. The standard InChI is InChI=1S/C23H36Cl2N7O8PS/c1-11(2)39-18(34)12(3)31-41(36,37-7-8-42-20(35)22(4,5)6)38-9-13-15(33)23(24,25)19(40-13)32-10-28-14-16(26)29-21(27)30-17(14)32/h10-13,15,19,33H,7-9H2,1-6H3,(H,31,36)(H4,26,27,29,30)/t12-,13-,15-,19-,41?/m1/s1. The van der Waals surface area contributed by atoms with Gasteiger partial charge in [0.25, 0.3) is 0 Å². The van der Waals surface area contributed by atoms with Gasteiger partial charge in [-0.3, -0.25) is 23.2 Å². The second-order valence-corrected chi connectivity index (χ2v) is 15.1. The van der Waals surface area contributed by atoms with Crippen molar-refractivity contribution in [3.63, 3.8) is 0 Å². The first-order chi connectivity index (χ1) is 19.4. The van der Waals surface area contributed by atoms with E-state index in [9.17, 15) is 19.3 Å². The summed E-state index contributed by atoms with van der Waals surface area (Å²) in [7, 11) is -4.25. The fourth-order valence-electron chi connectivity index (χ4n) is 3.65. The van der Waals surface area contributed by atoms with E-state index in [4.69, 9.17) is 53.2 Å². The molecule has 1 aliphatic rings. The number of halogens is 2. The van der Waals surface area contributed by atoms with Gasteiger partial charge in [0.05, 0.1) is 25.6 Å². The van der Waals surface area contributed by atoms with E-state index < -0.39 is 60.7 Å². The number of ether oxygens (including phenoxy) is 2. The number of alkyl halides is 2. The van der Waals surface area contributed by atoms with Crippen LogP contribution in [0.1, 0.15) is 47.8 Å². The molecule has 15 nitrogen and oxygen atoms in total. The van der Waals surface area contributed by atoms with Crippen molar-refractivity contribution in [1.29, 1.82) is 0 Å². The average molecular weight is 673 g/mol. The van der Waals surface area contributed by atoms with Crippen LogP contribution in [-0.2, 0) is 32.7 Å². The maximum absolute atomic E-state index is 13.7. The minimum atomic E-state index is -4.25. The molecule has 6 N–H and O–H groups in total. The van der Waals surface area contributed by atoms with Crippen LogP contribution in [0.3, 0.4) is 0 Å². The van der Waals surface area contributed by atoms with E-state index in [-0.39, 0.29) is 40.4 Å². The number of hydrogen-bond acceptors (Lipinski definition) is 14. The van der Waals surface area contributed by atoms with Crippen LogP contribution in [0.25, 0.3) is 11.2 Å². The van der Waals surface area contributed by atoms with E-state index in [0.717, 1.165) is 11.8 Å². The Hall–Kier alpha value is -1.75. The van der Waals surface area contributed by atoms with Gasteiger partial charge >= 0.3 is 13.7 Å². The van der Waals surface area contributed by atoms with Gasteiger partial charge in [-0.2, -0.15) is 9.97 Å². The summed E-state index contributed by atoms with van der Waals surface area (Å²) in [5.41, 5.74) is 11.4. The van der Waals surface area contributed by atoms with E-state index in [0.29, 0.717) is 0 Å². The number of aromatic nitrogens is 4. The number of nitrogens with one attached hydrogen (secondary N) is 1. The molecule has 2 aromatic rings. The highest BCUT2D eigenvalue weighted by molar-refractivity contribution is 8.13. The summed E-state index contributed by atoms with van der Waals surface area (Å²) in [6.45, 7) is 9.38. The van der Waals surface area contributed by atoms with Gasteiger partial charge in [0.15, 0.2) is 27.1 Å². The Labute approximate surface area is 257 Å². The zero-order valence-corrected chi connectivity index (χ0v) is 27.2. The van der Waals surface area contributed by atoms with Gasteiger partial charge in [-0.15, -0.1) is 0 Å². The van der Waals surface area contributed by atoms with Crippen LogP contribution < -0.4 is 16.6 Å². The lowest BCUT2D eigenvalue weighted by Gasteiger charge is -2.25. The molecule has 42 heavy (non-hydrogen) atoms. The lowest BCUT2D eigenvalue weighted by atomic mass is 10.00. The first-order valence-corrected chi connectivity index (χ1v) is 16.2. The number of anilines is 2. The Morgan fingerprint density at radius 2 is 1.93 bits per heavy atom. The van der Waals surface area contributed by atoms with Crippen molar-refractivity contribution in [2.24, 2.45) is 5.41 Å². The zero-order chi connectivity index (χ0) is 31.6. The number of hydrogen-bond donors (Lipinski definition) is 4. The number of carbonyl (C=O) groups is 2. The SMILES string of the molecule is CC(C)OC(=O)[C@@H](C)NP(=O)(OCCSC(=O)C(C)(C)C)OC[C@H]1O[C@@H](n2cnc3c(N)nc(N)nc32)C(Cl)(Cl)[C@@H]1O. The van der Waals surface area contributed by atoms with Crippen LogP contribution in [0.4, 0.5) is 11.8 Å². The third kappa shape index (κ3) is 8.24. The Morgan fingerprint density at radius 3 is 2.55 bits per heavy atom. The number of carbonyl (C=O) groups excluding carboxylic acids is 2. The Bertz CT molecular complexity index is 1340. The van der Waals surface area contributed by atoms with E-state index in [1.807, 2.05) is 0 Å². The van der Waals surface area contributed by atoms with Crippen molar-refractivity contribution in [2.45, 2.75) is 76.5 Å². The van der Waals surface area contributed by atoms with Gasteiger partial charge in [-0.05, 0) is 20.8 Å². The van der Waals surface area contributed by atoms with Crippen LogP contribution in [0.15, 0.2) is 6.33 Å². The lowest BCUT2D eigenvalue weighted by molar-refractivity contribution is -0.149. The van der Waals surface area contributed by atoms with E-state index in [1.165, 1.54) is 17.8 Å². The highest BCUT2D eigenvalue weighted by Crippen LogP contribution is 2.50. The molecule has 0 amide bonds. The molecule has 0 aliphatic carbocycles. The molecule has 1 unspecified atom stereocenters. The molecule has 0 spiro atoms. The molecule has 0 bridgehead atoms. The van der Waals surface area contributed by atoms with Crippen LogP contribution in [-0.4, -0.2) is 83.4 Å². The number of nitrogen functional groups attached to an aromatic ring is 2. The topological polar surface area (TPSA) is 216 Å². The molecule has 1 aliphatic heterocycles. The number of aliphatic hydroxyl groups excluding tert-OH is 1. The van der Waals surface area contributed by atoms with Crippen molar-refractivity contribution in [3.8, 4) is 0 Å². The minimum absolute atomic E-state index is 0.0149. The van der Waals surface area contributed by atoms with Gasteiger partial charge < -0.3 is 26.0 Å². The molecule has 3 heterocycles. The molecule has 5 atom stereocenters. The highest BCUT2D eigenvalue weighted by atomic mass is 35.5. The lowest BCUT2D eigenvalue weighted by Crippen LogP contribution is -2.39. The number of imidazole rings is 1. The summed E-state index contributed by atoms with van der Waals surface area (Å²) in [5, 5.41) is 13.4. The summed E-state index contributed by atoms with van der Waals surface area (Å²) in [4.78, 5) is 36.7. The summed E-state index contributed by atoms with van der Waals surface area (Å²) in [6, 6.07) is -1.10. The molecule has 19 heteroatoms. The molecule has 0 saturated carbocycles. The molecule has 236 valence electrons. The molecule has 3 rings (SSSR count). The third-order valence-corrected chi connectivity index (χ3v) is 9.53. The van der Waals surface area contributed by atoms with Crippen LogP contribution in [0.5, 0.6) is 0 Å². The zero-order valence-electron chi connectivity index (χ0n) is 23.9. The molecule has 2 aromatic heterocycles. The summed E-state index contributed by atoms with van der Waals surface area (Å²) in [5.74, 6) is -0.651. The fraction of sp³-hybridized carbons (Fsp3) is 0.696. The average Bonchev–Trinajstić information content (AvgIpc) is 3.37. The number of fused-ring (bicyclic) bond motifs is 1. The van der Waals surface area contributed by atoms with E-state index in [2.05, 4.69) is 20.0 Å². The van der Waals surface area contributed by atoms with Crippen LogP contribution in [0.2, 0.25) is 0 Å². The van der Waals surface area contributed by atoms with E-state index in [1.54, 1.807) is 34.6 Å². The van der Waals surface area contributed by atoms with E-state index >= 15 is 0 Å². The highest BCUT2D eigenvalue weighted by Gasteiger charge is 2.56. The normalized spacial score (nSPS) is 22.8. The Morgan fingerprint density at radius 1 is 1.26 bits per heavy atom. The second-order valence-electron chi connectivity index (χ2n) is 10.8. The smallest absolute Gasteiger partial charge is 0.406 e. The monoisotopic (exact) mass is 671 g/mol. The van der Waals surface area contributed by atoms with Crippen LogP contribution in [0, 0.1) is 5.41 Å². The molecular weight excluding hydrogens is 636 g/mol. The predicted molar refractivity (Wildman–Crippen MR) is 159 cm³/mol. The number of aliphatic hydroxyl groups is 1. The second kappa shape index (κ2) is 13.5. The summed E-state index contributed by atoms with van der Waals surface area (Å²) >= 11 is 14.0. The Balaban J connectivity index is 1.76. The molecular formula is C23H36Cl2N7O8PS. The fourth-order valence-corrected chi connectivity index (χ4v) is 6.63. The van der Waals surface area contributed by atoms with Crippen molar-refractivity contribution >= 4 is 76.7 Å². The van der Waals surface area contributed by atoms with Crippen molar-refractivity contribution < 1.29 is 37.8 Å². The summed E-state index contributed by atoms with van der Waals surface area (Å²) < 4.78 is 35.3. The van der Waals surface area contributed by atoms with Gasteiger partial charge in [0, 0.05) is 11.2 Å². The molecule has 1 saturated heterocycles. The molecule has 1 fully saturated rings. The maximum Gasteiger partial charge on any atom is 0.406 e. The van der Waals surface area contributed by atoms with Crippen molar-refractivity contribution in [2.75, 3.05) is 30.4 Å². The van der Waals surface area contributed by atoms with Gasteiger partial charge in [-0.1, -0.05) is 55.7 Å². The summed E-state index contributed by atoms with van der Waals surface area (Å²) in [6.07, 6.45) is -3.17. The minimum Gasteiger partial charge on any atom is -0.462 e. The largest absolute Gasteiger partial charge is 0.462 e. The maximum atomic E-state index is 13.7. The number of thioether (sulfide) groups is 1. The van der Waals surface area contributed by atoms with Crippen LogP contribution >= 0.6 is 42.7 Å². The number of nitrogens with two attached hydrogens (primary N) is 2. The van der Waals surface area contributed by atoms with Crippen molar-refractivity contribution in [1.82, 2.24) is 24.6 Å². The molecule has 0 radical (unpaired) electrons. The molecule has 0 aromatic carbocycles. The van der Waals surface area contributed by atoms with Gasteiger partial charge in [0.1, 0.15) is 23.8 Å². The number of esters is 1. The van der Waals surface area contributed by atoms with Gasteiger partial charge in [0.2, 0.25) is 5.95 Å². The number of nitrogens with zero attached hydrogens (tertiary/aromatic N) is 4. The van der Waals surface area contributed by atoms with Gasteiger partial charge in [-0.25, -0.2) is 14.6 Å². The Kier molecular flexibility index (Phi) is 11.2. The quantitative estimate of drug-likeness (QED) is 0.110. The predicted octanol–water partition coefficient (Wildman–Crippen LogP) is 2.80. The first kappa shape index (κ1) is 34.7. The third-order valence-electron chi connectivity index (χ3n) is 5.75.